The highest BCUT2D eigenvalue weighted by molar-refractivity contribution is 5.94. The predicted octanol–water partition coefficient (Wildman–Crippen LogP) is 4.45. The standard InChI is InChI=1S/C24H22FN7O2/c1-16-9-10-17-19(28-16)6-4-7-20(17)29-23-22(32(33)34)24(27-15-26-23)31-13-11-30(12-14-31)21-8-3-2-5-18(21)25/h2-10,15H,11-14H2,1H3,(H,26,27,29). The summed E-state index contributed by atoms with van der Waals surface area (Å²) in [5, 5.41) is 16.1. The minimum absolute atomic E-state index is 0.111. The number of para-hydroxylation sites is 1. The van der Waals surface area contributed by atoms with Gasteiger partial charge in [-0.15, -0.1) is 0 Å². The Hall–Kier alpha value is -4.34. The van der Waals surface area contributed by atoms with Crippen LogP contribution in [0.15, 0.2) is 60.9 Å². The summed E-state index contributed by atoms with van der Waals surface area (Å²) in [4.78, 5) is 28.4. The molecule has 1 N–H and O–H groups in total. The topological polar surface area (TPSA) is 100 Å². The molecule has 4 aromatic rings. The lowest BCUT2D eigenvalue weighted by molar-refractivity contribution is -0.383. The molecule has 0 saturated carbocycles. The molecule has 34 heavy (non-hydrogen) atoms. The van der Waals surface area contributed by atoms with Crippen molar-refractivity contribution in [2.45, 2.75) is 6.92 Å². The van der Waals surface area contributed by atoms with Crippen molar-refractivity contribution >= 4 is 39.6 Å². The molecule has 3 heterocycles. The van der Waals surface area contributed by atoms with Crippen LogP contribution in [0.25, 0.3) is 10.9 Å². The van der Waals surface area contributed by atoms with Crippen molar-refractivity contribution in [1.82, 2.24) is 15.0 Å². The van der Waals surface area contributed by atoms with Crippen LogP contribution in [-0.2, 0) is 0 Å². The van der Waals surface area contributed by atoms with Gasteiger partial charge < -0.3 is 15.1 Å². The molecule has 172 valence electrons. The van der Waals surface area contributed by atoms with Gasteiger partial charge in [0.2, 0.25) is 11.6 Å². The van der Waals surface area contributed by atoms with Crippen LogP contribution >= 0.6 is 0 Å². The van der Waals surface area contributed by atoms with Gasteiger partial charge in [0, 0.05) is 42.9 Å². The summed E-state index contributed by atoms with van der Waals surface area (Å²) in [6.07, 6.45) is 1.32. The van der Waals surface area contributed by atoms with Gasteiger partial charge in [-0.25, -0.2) is 14.4 Å². The van der Waals surface area contributed by atoms with E-state index in [9.17, 15) is 14.5 Å². The Kier molecular flexibility index (Phi) is 5.62. The van der Waals surface area contributed by atoms with Crippen LogP contribution in [0.5, 0.6) is 0 Å². The number of benzene rings is 2. The minimum atomic E-state index is -0.464. The third-order valence-corrected chi connectivity index (χ3v) is 5.88. The normalized spacial score (nSPS) is 13.8. The predicted molar refractivity (Wildman–Crippen MR) is 129 cm³/mol. The smallest absolute Gasteiger partial charge is 0.353 e. The molecule has 0 amide bonds. The van der Waals surface area contributed by atoms with Crippen LogP contribution in [0.4, 0.5) is 33.1 Å². The van der Waals surface area contributed by atoms with E-state index in [1.54, 1.807) is 18.2 Å². The van der Waals surface area contributed by atoms with Gasteiger partial charge in [0.1, 0.15) is 12.1 Å². The SMILES string of the molecule is Cc1ccc2c(Nc3ncnc(N4CCN(c5ccccc5F)CC4)c3[N+](=O)[O-])cccc2n1. The molecular formula is C24H22FN7O2. The quantitative estimate of drug-likeness (QED) is 0.345. The second-order valence-corrected chi connectivity index (χ2v) is 8.03. The molecule has 2 aromatic heterocycles. The van der Waals surface area contributed by atoms with Crippen LogP contribution in [-0.4, -0.2) is 46.1 Å². The van der Waals surface area contributed by atoms with Crippen molar-refractivity contribution in [3.05, 3.63) is 82.6 Å². The second-order valence-electron chi connectivity index (χ2n) is 8.03. The summed E-state index contributed by atoms with van der Waals surface area (Å²) >= 11 is 0. The number of fused-ring (bicyclic) bond motifs is 1. The third-order valence-electron chi connectivity index (χ3n) is 5.88. The zero-order valence-corrected chi connectivity index (χ0v) is 18.5. The van der Waals surface area contributed by atoms with Gasteiger partial charge in [-0.05, 0) is 43.3 Å². The van der Waals surface area contributed by atoms with Gasteiger partial charge >= 0.3 is 5.69 Å². The van der Waals surface area contributed by atoms with Crippen LogP contribution in [0, 0.1) is 22.9 Å². The molecule has 10 heteroatoms. The van der Waals surface area contributed by atoms with Gasteiger partial charge in [0.05, 0.1) is 16.1 Å². The average Bonchev–Trinajstić information content (AvgIpc) is 2.84. The fraction of sp³-hybridized carbons (Fsp3) is 0.208. The first-order chi connectivity index (χ1) is 16.5. The Morgan fingerprint density at radius 3 is 2.50 bits per heavy atom. The monoisotopic (exact) mass is 459 g/mol. The van der Waals surface area contributed by atoms with E-state index in [1.165, 1.54) is 12.4 Å². The summed E-state index contributed by atoms with van der Waals surface area (Å²) in [7, 11) is 0. The average molecular weight is 459 g/mol. The Balaban J connectivity index is 1.44. The van der Waals surface area contributed by atoms with Gasteiger partial charge in [0.15, 0.2) is 0 Å². The molecule has 0 aliphatic carbocycles. The van der Waals surface area contributed by atoms with Crippen molar-refractivity contribution in [2.24, 2.45) is 0 Å². The number of piperazine rings is 1. The van der Waals surface area contributed by atoms with E-state index in [0.717, 1.165) is 16.6 Å². The fourth-order valence-electron chi connectivity index (χ4n) is 4.22. The molecule has 2 aromatic carbocycles. The van der Waals surface area contributed by atoms with Crippen molar-refractivity contribution < 1.29 is 9.31 Å². The lowest BCUT2D eigenvalue weighted by atomic mass is 10.1. The van der Waals surface area contributed by atoms with E-state index in [1.807, 2.05) is 47.1 Å². The number of anilines is 4. The van der Waals surface area contributed by atoms with E-state index < -0.39 is 4.92 Å². The summed E-state index contributed by atoms with van der Waals surface area (Å²) in [6, 6.07) is 16.0. The second kappa shape index (κ2) is 8.89. The zero-order chi connectivity index (χ0) is 23.7. The lowest BCUT2D eigenvalue weighted by Crippen LogP contribution is -2.47. The summed E-state index contributed by atoms with van der Waals surface area (Å²) < 4.78 is 14.2. The van der Waals surface area contributed by atoms with E-state index in [0.29, 0.717) is 37.6 Å². The molecule has 0 unspecified atom stereocenters. The summed E-state index contributed by atoms with van der Waals surface area (Å²) in [5.41, 5.74) is 2.67. The molecule has 1 aliphatic rings. The molecule has 1 fully saturated rings. The maximum absolute atomic E-state index is 14.2. The van der Waals surface area contributed by atoms with Gasteiger partial charge in [-0.3, -0.25) is 15.1 Å². The van der Waals surface area contributed by atoms with E-state index >= 15 is 0 Å². The number of nitrogens with zero attached hydrogens (tertiary/aromatic N) is 6. The van der Waals surface area contributed by atoms with Crippen LogP contribution in [0.3, 0.4) is 0 Å². The Labute approximate surface area is 195 Å². The molecule has 9 nitrogen and oxygen atoms in total. The number of hydrogen-bond acceptors (Lipinski definition) is 8. The number of aromatic nitrogens is 3. The van der Waals surface area contributed by atoms with Crippen molar-refractivity contribution in [3.8, 4) is 0 Å². The number of nitrogens with one attached hydrogen (secondary N) is 1. The maximum Gasteiger partial charge on any atom is 0.353 e. The van der Waals surface area contributed by atoms with E-state index in [2.05, 4.69) is 20.3 Å². The largest absolute Gasteiger partial charge is 0.366 e. The molecule has 0 atom stereocenters. The first kappa shape index (κ1) is 21.5. The highest BCUT2D eigenvalue weighted by Gasteiger charge is 2.30. The minimum Gasteiger partial charge on any atom is -0.366 e. The Morgan fingerprint density at radius 2 is 1.74 bits per heavy atom. The lowest BCUT2D eigenvalue weighted by Gasteiger charge is -2.36. The van der Waals surface area contributed by atoms with Crippen LogP contribution < -0.4 is 15.1 Å². The maximum atomic E-state index is 14.2. The van der Waals surface area contributed by atoms with Crippen molar-refractivity contribution in [1.29, 1.82) is 0 Å². The number of pyridine rings is 1. The molecule has 0 bridgehead atoms. The van der Waals surface area contributed by atoms with Crippen molar-refractivity contribution in [3.63, 3.8) is 0 Å². The number of aryl methyl sites for hydroxylation is 1. The fourth-order valence-corrected chi connectivity index (χ4v) is 4.22. The first-order valence-corrected chi connectivity index (χ1v) is 10.9. The van der Waals surface area contributed by atoms with Crippen LogP contribution in [0.1, 0.15) is 5.69 Å². The van der Waals surface area contributed by atoms with Crippen LogP contribution in [0.2, 0.25) is 0 Å². The molecule has 0 spiro atoms. The van der Waals surface area contributed by atoms with Gasteiger partial charge in [-0.2, -0.15) is 0 Å². The highest BCUT2D eigenvalue weighted by atomic mass is 19.1. The van der Waals surface area contributed by atoms with Crippen molar-refractivity contribution in [2.75, 3.05) is 41.3 Å². The summed E-state index contributed by atoms with van der Waals surface area (Å²) in [6.45, 7) is 3.86. The third kappa shape index (κ3) is 4.05. The number of hydrogen-bond donors (Lipinski definition) is 1. The summed E-state index contributed by atoms with van der Waals surface area (Å²) in [5.74, 6) is 0.0692. The molecule has 5 rings (SSSR count). The number of halogens is 1. The molecular weight excluding hydrogens is 437 g/mol. The first-order valence-electron chi connectivity index (χ1n) is 10.9. The Bertz CT molecular complexity index is 1370. The number of rotatable bonds is 5. The highest BCUT2D eigenvalue weighted by Crippen LogP contribution is 2.36. The van der Waals surface area contributed by atoms with Gasteiger partial charge in [-0.1, -0.05) is 18.2 Å². The zero-order valence-electron chi connectivity index (χ0n) is 18.5. The molecule has 1 saturated heterocycles. The molecule has 0 radical (unpaired) electrons. The van der Waals surface area contributed by atoms with Gasteiger partial charge in [0.25, 0.3) is 0 Å². The van der Waals surface area contributed by atoms with E-state index in [-0.39, 0.29) is 23.1 Å². The number of nitro groups is 1. The Morgan fingerprint density at radius 1 is 0.971 bits per heavy atom. The van der Waals surface area contributed by atoms with E-state index in [4.69, 9.17) is 0 Å². The molecule has 1 aliphatic heterocycles.